The Morgan fingerprint density at radius 1 is 0.667 bits per heavy atom. The molecule has 200 valence electrons. The molecule has 0 bridgehead atoms. The van der Waals surface area contributed by atoms with Gasteiger partial charge in [-0.15, -0.1) is 0 Å². The highest BCUT2D eigenvalue weighted by atomic mass is 31.2. The lowest BCUT2D eigenvalue weighted by atomic mass is 10.1. The topological polar surface area (TPSA) is 251 Å². The largest absolute Gasteiger partial charge is 0.381 e. The lowest BCUT2D eigenvalue weighted by Crippen LogP contribution is -2.39. The van der Waals surface area contributed by atoms with Crippen LogP contribution in [0.15, 0.2) is 0 Å². The minimum absolute atomic E-state index is 0.0981. The highest BCUT2D eigenvalue weighted by molar-refractivity contribution is 7.71. The number of ether oxygens (including phenoxy) is 1. The van der Waals surface area contributed by atoms with Crippen LogP contribution in [0.1, 0.15) is 58.3 Å². The standard InChI is InChI=1S/C15H37NO13P4/c1-2-3-4-5-6-7-8-9-10-29-12-13(14(30(17,18)19)31(20,21)22)11-16-15(32(23,24)25)33(26,27)28/h13-16H,2-12H2,1H3,(H2,17,18,19)(H2,20,21,22)(H2,23,24,25)(H2,26,27,28). The Morgan fingerprint density at radius 2 is 1.09 bits per heavy atom. The molecule has 0 saturated carbocycles. The van der Waals surface area contributed by atoms with Crippen molar-refractivity contribution in [1.29, 1.82) is 0 Å². The number of unbranched alkanes of at least 4 members (excludes halogenated alkanes) is 7. The Bertz CT molecular complexity index is 698. The minimum atomic E-state index is -5.45. The zero-order chi connectivity index (χ0) is 25.9. The van der Waals surface area contributed by atoms with Gasteiger partial charge in [0, 0.05) is 19.1 Å². The summed E-state index contributed by atoms with van der Waals surface area (Å²) >= 11 is 0. The fourth-order valence-electron chi connectivity index (χ4n) is 3.26. The van der Waals surface area contributed by atoms with E-state index in [1.807, 2.05) is 5.32 Å². The van der Waals surface area contributed by atoms with Crippen LogP contribution in [0.2, 0.25) is 0 Å². The fourth-order valence-corrected chi connectivity index (χ4v) is 8.56. The van der Waals surface area contributed by atoms with E-state index in [4.69, 9.17) is 24.3 Å². The zero-order valence-corrected chi connectivity index (χ0v) is 22.0. The normalized spacial score (nSPS) is 14.9. The van der Waals surface area contributed by atoms with Crippen molar-refractivity contribution in [2.75, 3.05) is 19.8 Å². The molecule has 0 fully saturated rings. The summed E-state index contributed by atoms with van der Waals surface area (Å²) in [5, 5.41) is -0.775. The molecule has 0 aromatic carbocycles. The van der Waals surface area contributed by atoms with Gasteiger partial charge in [-0.1, -0.05) is 51.9 Å². The Labute approximate surface area is 193 Å². The summed E-state index contributed by atoms with van der Waals surface area (Å²) < 4.78 is 51.6. The molecule has 0 spiro atoms. The zero-order valence-electron chi connectivity index (χ0n) is 18.4. The Balaban J connectivity index is 5.12. The molecule has 14 nitrogen and oxygen atoms in total. The van der Waals surface area contributed by atoms with E-state index in [9.17, 15) is 37.8 Å². The van der Waals surface area contributed by atoms with Crippen LogP contribution in [0.3, 0.4) is 0 Å². The smallest absolute Gasteiger partial charge is 0.354 e. The molecule has 0 aliphatic carbocycles. The van der Waals surface area contributed by atoms with Crippen LogP contribution >= 0.6 is 30.4 Å². The van der Waals surface area contributed by atoms with E-state index in [1.165, 1.54) is 6.42 Å². The molecule has 0 saturated heterocycles. The first kappa shape index (κ1) is 33.5. The summed E-state index contributed by atoms with van der Waals surface area (Å²) in [5.41, 5.74) is -2.71. The maximum atomic E-state index is 11.8. The van der Waals surface area contributed by atoms with Crippen molar-refractivity contribution in [3.8, 4) is 0 Å². The molecule has 0 radical (unpaired) electrons. The van der Waals surface area contributed by atoms with Crippen molar-refractivity contribution < 1.29 is 62.1 Å². The van der Waals surface area contributed by atoms with Gasteiger partial charge >= 0.3 is 30.4 Å². The Hall–Kier alpha value is 0.520. The second kappa shape index (κ2) is 14.9. The van der Waals surface area contributed by atoms with Crippen molar-refractivity contribution in [2.45, 2.75) is 69.2 Å². The van der Waals surface area contributed by atoms with E-state index in [0.717, 1.165) is 38.5 Å². The lowest BCUT2D eigenvalue weighted by Gasteiger charge is -2.30. The van der Waals surface area contributed by atoms with Gasteiger partial charge in [-0.3, -0.25) is 23.6 Å². The summed E-state index contributed by atoms with van der Waals surface area (Å²) in [6, 6.07) is 0. The van der Waals surface area contributed by atoms with Crippen LogP contribution in [0.5, 0.6) is 0 Å². The van der Waals surface area contributed by atoms with Gasteiger partial charge in [0.1, 0.15) is 0 Å². The van der Waals surface area contributed by atoms with Gasteiger partial charge in [0.15, 0.2) is 5.40 Å². The van der Waals surface area contributed by atoms with Crippen molar-refractivity contribution in [3.63, 3.8) is 0 Å². The second-order valence-electron chi connectivity index (χ2n) is 7.86. The number of nitrogens with one attached hydrogen (secondary N) is 1. The molecule has 0 aromatic rings. The number of hydrogen-bond donors (Lipinski definition) is 9. The molecule has 1 unspecified atom stereocenters. The monoisotopic (exact) mass is 563 g/mol. The van der Waals surface area contributed by atoms with E-state index in [-0.39, 0.29) is 6.61 Å². The van der Waals surface area contributed by atoms with Crippen LogP contribution in [0.25, 0.3) is 0 Å². The molecule has 0 amide bonds. The van der Waals surface area contributed by atoms with Crippen molar-refractivity contribution in [2.24, 2.45) is 5.92 Å². The first-order valence-corrected chi connectivity index (χ1v) is 17.2. The van der Waals surface area contributed by atoms with Gasteiger partial charge < -0.3 is 43.9 Å². The molecule has 0 aromatic heterocycles. The molecule has 1 atom stereocenters. The maximum Gasteiger partial charge on any atom is 0.354 e. The molecular formula is C15H37NO13P4. The quantitative estimate of drug-likeness (QED) is 0.0801. The van der Waals surface area contributed by atoms with E-state index < -0.39 is 60.4 Å². The van der Waals surface area contributed by atoms with E-state index >= 15 is 0 Å². The van der Waals surface area contributed by atoms with Gasteiger partial charge in [-0.2, -0.15) is 0 Å². The first-order chi connectivity index (χ1) is 14.9. The van der Waals surface area contributed by atoms with Gasteiger partial charge in [0.2, 0.25) is 5.52 Å². The van der Waals surface area contributed by atoms with Gasteiger partial charge in [-0.05, 0) is 6.42 Å². The van der Waals surface area contributed by atoms with Crippen LogP contribution < -0.4 is 5.32 Å². The fraction of sp³-hybridized carbons (Fsp3) is 1.00. The summed E-state index contributed by atoms with van der Waals surface area (Å²) in [6.45, 7) is 0.641. The highest BCUT2D eigenvalue weighted by Crippen LogP contribution is 2.63. The lowest BCUT2D eigenvalue weighted by molar-refractivity contribution is 0.0944. The third-order valence-corrected chi connectivity index (χ3v) is 12.3. The molecule has 0 aliphatic heterocycles. The minimum Gasteiger partial charge on any atom is -0.381 e. The van der Waals surface area contributed by atoms with Crippen molar-refractivity contribution in [1.82, 2.24) is 5.32 Å². The highest BCUT2D eigenvalue weighted by Gasteiger charge is 2.50. The Kier molecular flexibility index (Phi) is 15.2. The van der Waals surface area contributed by atoms with E-state index in [1.54, 1.807) is 0 Å². The molecule has 33 heavy (non-hydrogen) atoms. The van der Waals surface area contributed by atoms with Gasteiger partial charge in [-0.25, -0.2) is 0 Å². The molecule has 18 heteroatoms. The van der Waals surface area contributed by atoms with Crippen LogP contribution in [-0.4, -0.2) is 69.8 Å². The maximum absolute atomic E-state index is 11.8. The van der Waals surface area contributed by atoms with E-state index in [0.29, 0.717) is 6.42 Å². The van der Waals surface area contributed by atoms with Crippen molar-refractivity contribution in [3.05, 3.63) is 0 Å². The molecule has 0 heterocycles. The van der Waals surface area contributed by atoms with Crippen LogP contribution in [0.4, 0.5) is 0 Å². The SMILES string of the molecule is CCCCCCCCCCOCC(CNC(P(=O)(O)O)P(=O)(O)O)C(P(=O)(O)O)P(=O)(O)O. The second-order valence-corrected chi connectivity index (χ2v) is 15.5. The molecule has 9 N–H and O–H groups in total. The summed E-state index contributed by atoms with van der Waals surface area (Å²) in [5.74, 6) is -1.71. The molecule has 0 aliphatic rings. The third-order valence-electron chi connectivity index (χ3n) is 4.78. The number of hydrogen-bond acceptors (Lipinski definition) is 6. The van der Waals surface area contributed by atoms with E-state index in [2.05, 4.69) is 6.92 Å². The number of rotatable bonds is 19. The predicted molar refractivity (Wildman–Crippen MR) is 121 cm³/mol. The molecule has 0 rings (SSSR count). The third kappa shape index (κ3) is 14.6. The van der Waals surface area contributed by atoms with Crippen LogP contribution in [-0.2, 0) is 23.0 Å². The summed E-state index contributed by atoms with van der Waals surface area (Å²) in [7, 11) is -21.7. The van der Waals surface area contributed by atoms with Crippen LogP contribution in [0, 0.1) is 5.92 Å². The molecular weight excluding hydrogens is 526 g/mol. The summed E-state index contributed by atoms with van der Waals surface area (Å²) in [6.07, 6.45) is 7.91. The predicted octanol–water partition coefficient (Wildman–Crippen LogP) is 1.67. The first-order valence-electron chi connectivity index (χ1n) is 10.4. The Morgan fingerprint density at radius 3 is 1.48 bits per heavy atom. The summed E-state index contributed by atoms with van der Waals surface area (Å²) in [4.78, 5) is 74.5. The van der Waals surface area contributed by atoms with Gasteiger partial charge in [0.25, 0.3) is 0 Å². The van der Waals surface area contributed by atoms with Gasteiger partial charge in [0.05, 0.1) is 6.61 Å². The average Bonchev–Trinajstić information content (AvgIpc) is 2.58. The van der Waals surface area contributed by atoms with Crippen molar-refractivity contribution >= 4 is 30.4 Å². The average molecular weight is 563 g/mol.